The van der Waals surface area contributed by atoms with E-state index in [1.54, 1.807) is 0 Å². The van der Waals surface area contributed by atoms with Crippen molar-refractivity contribution in [1.29, 1.82) is 0 Å². The first-order valence-corrected chi connectivity index (χ1v) is 10.1. The molecule has 2 aromatic rings. The molecule has 28 heavy (non-hydrogen) atoms. The van der Waals surface area contributed by atoms with E-state index in [9.17, 15) is 9.59 Å². The lowest BCUT2D eigenvalue weighted by atomic mass is 9.96. The molecular weight excluding hydrogens is 350 g/mol. The van der Waals surface area contributed by atoms with Crippen molar-refractivity contribution in [2.75, 3.05) is 11.9 Å². The highest BCUT2D eigenvalue weighted by Gasteiger charge is 2.44. The Morgan fingerprint density at radius 3 is 2.32 bits per heavy atom. The van der Waals surface area contributed by atoms with Crippen LogP contribution in [0.15, 0.2) is 54.6 Å². The van der Waals surface area contributed by atoms with E-state index in [4.69, 9.17) is 0 Å². The van der Waals surface area contributed by atoms with Gasteiger partial charge in [0.15, 0.2) is 0 Å². The molecule has 146 valence electrons. The van der Waals surface area contributed by atoms with Gasteiger partial charge in [-0.2, -0.15) is 0 Å². The highest BCUT2D eigenvalue weighted by Crippen LogP contribution is 2.47. The summed E-state index contributed by atoms with van der Waals surface area (Å²) >= 11 is 0. The van der Waals surface area contributed by atoms with Crippen molar-refractivity contribution in [2.24, 2.45) is 5.92 Å². The average Bonchev–Trinajstić information content (AvgIpc) is 3.62. The van der Waals surface area contributed by atoms with Gasteiger partial charge < -0.3 is 16.0 Å². The molecule has 0 radical (unpaired) electrons. The third-order valence-electron chi connectivity index (χ3n) is 5.80. The second-order valence-corrected chi connectivity index (χ2v) is 8.08. The Balaban J connectivity index is 1.26. The Labute approximate surface area is 165 Å². The quantitative estimate of drug-likeness (QED) is 0.679. The van der Waals surface area contributed by atoms with E-state index in [1.807, 2.05) is 49.4 Å². The summed E-state index contributed by atoms with van der Waals surface area (Å²) in [4.78, 5) is 24.2. The maximum Gasteiger partial charge on any atom is 0.315 e. The number of carbonyl (C=O) groups is 2. The number of benzene rings is 2. The normalized spacial score (nSPS) is 18.0. The minimum atomic E-state index is -0.152. The zero-order valence-electron chi connectivity index (χ0n) is 16.2. The lowest BCUT2D eigenvalue weighted by molar-refractivity contribution is -0.117. The fourth-order valence-corrected chi connectivity index (χ4v) is 3.54. The van der Waals surface area contributed by atoms with Crippen LogP contribution in [0.25, 0.3) is 0 Å². The van der Waals surface area contributed by atoms with Crippen LogP contribution in [0.4, 0.5) is 10.5 Å². The molecule has 4 rings (SSSR count). The summed E-state index contributed by atoms with van der Waals surface area (Å²) in [5, 5.41) is 8.97. The van der Waals surface area contributed by atoms with Crippen molar-refractivity contribution in [3.63, 3.8) is 0 Å². The van der Waals surface area contributed by atoms with E-state index < -0.39 is 0 Å². The molecule has 0 spiro atoms. The topological polar surface area (TPSA) is 70.2 Å². The largest absolute Gasteiger partial charge is 0.337 e. The number of nitrogens with one attached hydrogen (secondary N) is 3. The number of hydrogen-bond acceptors (Lipinski definition) is 2. The van der Waals surface area contributed by atoms with Gasteiger partial charge >= 0.3 is 6.03 Å². The average molecular weight is 377 g/mol. The smallest absolute Gasteiger partial charge is 0.315 e. The summed E-state index contributed by atoms with van der Waals surface area (Å²) in [5.74, 6) is 0.292. The molecular formula is C23H27N3O2. The van der Waals surface area contributed by atoms with E-state index in [0.717, 1.165) is 36.9 Å². The highest BCUT2D eigenvalue weighted by atomic mass is 16.2. The Kier molecular flexibility index (Phi) is 5.07. The minimum Gasteiger partial charge on any atom is -0.337 e. The standard InChI is InChI=1S/C23H27N3O2/c1-16(17-9-11-20(12-10-17)26-21(27)18-7-8-18)25-22(28)24-15-23(13-14-23)19-5-3-2-4-6-19/h2-6,9-12,16,18H,7-8,13-15H2,1H3,(H,26,27)(H2,24,25,28)/t16-/m1/s1. The summed E-state index contributed by atoms with van der Waals surface area (Å²) in [7, 11) is 0. The van der Waals surface area contributed by atoms with Crippen LogP contribution < -0.4 is 16.0 Å². The van der Waals surface area contributed by atoms with Gasteiger partial charge in [0.2, 0.25) is 5.91 Å². The van der Waals surface area contributed by atoms with Crippen molar-refractivity contribution in [1.82, 2.24) is 10.6 Å². The van der Waals surface area contributed by atoms with Crippen LogP contribution in [-0.2, 0) is 10.2 Å². The molecule has 3 amide bonds. The fraction of sp³-hybridized carbons (Fsp3) is 0.391. The number of amides is 3. The molecule has 0 saturated heterocycles. The van der Waals surface area contributed by atoms with Gasteiger partial charge in [0.05, 0.1) is 6.04 Å². The number of urea groups is 1. The molecule has 0 bridgehead atoms. The van der Waals surface area contributed by atoms with Gasteiger partial charge in [-0.25, -0.2) is 4.79 Å². The van der Waals surface area contributed by atoms with E-state index in [1.165, 1.54) is 5.56 Å². The predicted octanol–water partition coefficient (Wildman–Crippen LogP) is 4.13. The number of anilines is 1. The van der Waals surface area contributed by atoms with Gasteiger partial charge in [0.1, 0.15) is 0 Å². The van der Waals surface area contributed by atoms with Crippen molar-refractivity contribution in [3.8, 4) is 0 Å². The summed E-state index contributed by atoms with van der Waals surface area (Å²) < 4.78 is 0. The Bertz CT molecular complexity index is 840. The molecule has 0 heterocycles. The van der Waals surface area contributed by atoms with E-state index in [0.29, 0.717) is 6.54 Å². The van der Waals surface area contributed by atoms with Crippen LogP contribution in [-0.4, -0.2) is 18.5 Å². The number of hydrogen-bond donors (Lipinski definition) is 3. The SMILES string of the molecule is C[C@@H](NC(=O)NCC1(c2ccccc2)CC1)c1ccc(NC(=O)C2CC2)cc1. The lowest BCUT2D eigenvalue weighted by Crippen LogP contribution is -2.40. The van der Waals surface area contributed by atoms with Gasteiger partial charge in [-0.15, -0.1) is 0 Å². The molecule has 5 nitrogen and oxygen atoms in total. The first-order valence-electron chi connectivity index (χ1n) is 10.1. The number of carbonyl (C=O) groups excluding carboxylic acids is 2. The molecule has 0 aromatic heterocycles. The second-order valence-electron chi connectivity index (χ2n) is 8.08. The van der Waals surface area contributed by atoms with Crippen LogP contribution in [0.1, 0.15) is 49.8 Å². The summed E-state index contributed by atoms with van der Waals surface area (Å²) in [5.41, 5.74) is 3.20. The molecule has 3 N–H and O–H groups in total. The number of rotatable bonds is 7. The van der Waals surface area contributed by atoms with Crippen LogP contribution in [0.2, 0.25) is 0 Å². The molecule has 0 aliphatic heterocycles. The van der Waals surface area contributed by atoms with Crippen molar-refractivity contribution < 1.29 is 9.59 Å². The lowest BCUT2D eigenvalue weighted by Gasteiger charge is -2.19. The van der Waals surface area contributed by atoms with Gasteiger partial charge in [-0.1, -0.05) is 42.5 Å². The Morgan fingerprint density at radius 1 is 1.04 bits per heavy atom. The summed E-state index contributed by atoms with van der Waals surface area (Å²) in [6.45, 7) is 2.61. The highest BCUT2D eigenvalue weighted by molar-refractivity contribution is 5.94. The zero-order valence-corrected chi connectivity index (χ0v) is 16.2. The van der Waals surface area contributed by atoms with Gasteiger partial charge in [0.25, 0.3) is 0 Å². The molecule has 2 fully saturated rings. The third kappa shape index (κ3) is 4.35. The first-order chi connectivity index (χ1) is 13.6. The van der Waals surface area contributed by atoms with Crippen LogP contribution in [0.5, 0.6) is 0 Å². The summed E-state index contributed by atoms with van der Waals surface area (Å²) in [6.07, 6.45) is 4.21. The molecule has 0 unspecified atom stereocenters. The Morgan fingerprint density at radius 2 is 1.71 bits per heavy atom. The maximum absolute atomic E-state index is 12.3. The summed E-state index contributed by atoms with van der Waals surface area (Å²) in [6, 6.07) is 17.8. The van der Waals surface area contributed by atoms with Gasteiger partial charge in [-0.05, 0) is 55.9 Å². The van der Waals surface area contributed by atoms with Gasteiger partial charge in [0, 0.05) is 23.6 Å². The van der Waals surface area contributed by atoms with Crippen molar-refractivity contribution >= 4 is 17.6 Å². The van der Waals surface area contributed by atoms with E-state index in [-0.39, 0.29) is 29.3 Å². The molecule has 1 atom stereocenters. The first kappa shape index (κ1) is 18.5. The fourth-order valence-electron chi connectivity index (χ4n) is 3.54. The predicted molar refractivity (Wildman–Crippen MR) is 110 cm³/mol. The van der Waals surface area contributed by atoms with Crippen LogP contribution in [0.3, 0.4) is 0 Å². The molecule has 2 aliphatic rings. The Hall–Kier alpha value is -2.82. The monoisotopic (exact) mass is 377 g/mol. The van der Waals surface area contributed by atoms with E-state index >= 15 is 0 Å². The van der Waals surface area contributed by atoms with Crippen LogP contribution in [0, 0.1) is 5.92 Å². The molecule has 2 saturated carbocycles. The van der Waals surface area contributed by atoms with Crippen molar-refractivity contribution in [3.05, 3.63) is 65.7 Å². The van der Waals surface area contributed by atoms with Crippen LogP contribution >= 0.6 is 0 Å². The van der Waals surface area contributed by atoms with Crippen molar-refractivity contribution in [2.45, 2.75) is 44.1 Å². The molecule has 2 aromatic carbocycles. The zero-order chi connectivity index (χ0) is 19.6. The second kappa shape index (κ2) is 7.66. The third-order valence-corrected chi connectivity index (χ3v) is 5.80. The van der Waals surface area contributed by atoms with E-state index in [2.05, 4.69) is 28.1 Å². The maximum atomic E-state index is 12.3. The molecule has 2 aliphatic carbocycles. The van der Waals surface area contributed by atoms with Gasteiger partial charge in [-0.3, -0.25) is 4.79 Å². The minimum absolute atomic E-state index is 0.100. The molecule has 5 heteroatoms.